The van der Waals surface area contributed by atoms with Crippen LogP contribution in [-0.4, -0.2) is 6.17 Å². The summed E-state index contributed by atoms with van der Waals surface area (Å²) in [6.45, 7) is 2.40. The summed E-state index contributed by atoms with van der Waals surface area (Å²) in [5.74, 6) is 3.57. The van der Waals surface area contributed by atoms with Crippen molar-refractivity contribution in [3.05, 3.63) is 0 Å². The maximum absolute atomic E-state index is 5.84. The molecule has 0 aliphatic heterocycles. The molecule has 2 saturated carbocycles. The molecule has 0 saturated heterocycles. The highest BCUT2D eigenvalue weighted by Crippen LogP contribution is 2.42. The van der Waals surface area contributed by atoms with Crippen LogP contribution in [-0.2, 0) is 0 Å². The molecule has 1 atom stereocenters. The fraction of sp³-hybridized carbons (Fsp3) is 1.00. The van der Waals surface area contributed by atoms with E-state index in [1.54, 1.807) is 0 Å². The van der Waals surface area contributed by atoms with Crippen LogP contribution in [0.4, 0.5) is 0 Å². The predicted molar refractivity (Wildman–Crippen MR) is 78.0 cm³/mol. The molecule has 18 heavy (non-hydrogen) atoms. The zero-order valence-electron chi connectivity index (χ0n) is 12.1. The predicted octanol–water partition coefficient (Wildman–Crippen LogP) is 3.64. The molecule has 0 amide bonds. The number of rotatable bonds is 4. The lowest BCUT2D eigenvalue weighted by molar-refractivity contribution is 0.117. The first-order chi connectivity index (χ1) is 8.72. The Morgan fingerprint density at radius 1 is 0.778 bits per heavy atom. The first-order valence-electron chi connectivity index (χ1n) is 8.23. The Hall–Kier alpha value is -0.0800. The summed E-state index contributed by atoms with van der Waals surface area (Å²) in [4.78, 5) is 0. The lowest BCUT2D eigenvalue weighted by atomic mass is 9.67. The maximum atomic E-state index is 5.84. The first-order valence-corrected chi connectivity index (χ1v) is 8.23. The van der Waals surface area contributed by atoms with Crippen LogP contribution in [0.1, 0.15) is 71.1 Å². The Morgan fingerprint density at radius 3 is 1.78 bits per heavy atom. The fourth-order valence-corrected chi connectivity index (χ4v) is 4.57. The summed E-state index contributed by atoms with van der Waals surface area (Å²) in [5.41, 5.74) is 11.7. The molecule has 2 heteroatoms. The van der Waals surface area contributed by atoms with Crippen molar-refractivity contribution in [1.29, 1.82) is 0 Å². The van der Waals surface area contributed by atoms with Crippen LogP contribution >= 0.6 is 0 Å². The van der Waals surface area contributed by atoms with Gasteiger partial charge in [-0.15, -0.1) is 0 Å². The second kappa shape index (κ2) is 6.91. The van der Waals surface area contributed by atoms with Crippen LogP contribution in [0.5, 0.6) is 0 Å². The molecule has 106 valence electrons. The average Bonchev–Trinajstić information content (AvgIpc) is 2.41. The van der Waals surface area contributed by atoms with Gasteiger partial charge in [0.05, 0.1) is 6.17 Å². The van der Waals surface area contributed by atoms with Crippen molar-refractivity contribution >= 4 is 0 Å². The molecule has 2 aliphatic carbocycles. The summed E-state index contributed by atoms with van der Waals surface area (Å²) in [6, 6.07) is 0. The van der Waals surface area contributed by atoms with Crippen molar-refractivity contribution in [2.75, 3.05) is 0 Å². The fourth-order valence-electron chi connectivity index (χ4n) is 4.57. The molecule has 0 aromatic heterocycles. The molecule has 2 fully saturated rings. The minimum absolute atomic E-state index is 0.0827. The Morgan fingerprint density at radius 2 is 1.28 bits per heavy atom. The van der Waals surface area contributed by atoms with E-state index in [1.807, 2.05) is 0 Å². The summed E-state index contributed by atoms with van der Waals surface area (Å²) in [7, 11) is 0. The van der Waals surface area contributed by atoms with Crippen molar-refractivity contribution in [3.8, 4) is 0 Å². The van der Waals surface area contributed by atoms with Crippen molar-refractivity contribution in [2.45, 2.75) is 77.3 Å². The molecule has 2 rings (SSSR count). The molecule has 0 spiro atoms. The van der Waals surface area contributed by atoms with Gasteiger partial charge in [0.15, 0.2) is 0 Å². The number of nitrogens with two attached hydrogens (primary N) is 2. The van der Waals surface area contributed by atoms with E-state index in [-0.39, 0.29) is 6.17 Å². The van der Waals surface area contributed by atoms with Gasteiger partial charge in [0.2, 0.25) is 0 Å². The molecule has 4 N–H and O–H groups in total. The van der Waals surface area contributed by atoms with E-state index in [1.165, 1.54) is 64.2 Å². The zero-order valence-corrected chi connectivity index (χ0v) is 12.1. The molecule has 2 aliphatic rings. The van der Waals surface area contributed by atoms with Crippen LogP contribution in [0.2, 0.25) is 0 Å². The molecule has 2 nitrogen and oxygen atoms in total. The highest BCUT2D eigenvalue weighted by atomic mass is 14.9. The normalized spacial score (nSPS) is 32.7. The molecule has 0 aromatic carbocycles. The van der Waals surface area contributed by atoms with Gasteiger partial charge in [-0.2, -0.15) is 0 Å². The van der Waals surface area contributed by atoms with Gasteiger partial charge in [-0.25, -0.2) is 0 Å². The van der Waals surface area contributed by atoms with Gasteiger partial charge in [0.25, 0.3) is 0 Å². The van der Waals surface area contributed by atoms with Gasteiger partial charge < -0.3 is 11.5 Å². The Kier molecular flexibility index (Phi) is 5.50. The van der Waals surface area contributed by atoms with Crippen molar-refractivity contribution in [1.82, 2.24) is 0 Å². The van der Waals surface area contributed by atoms with E-state index in [0.717, 1.165) is 17.8 Å². The Bertz CT molecular complexity index is 225. The standard InChI is InChI=1S/C16H32N2/c1-2-15(12-6-4-3-5-7-12)13-8-10-14(11-9-13)16(17)18/h12-16H,2-11,17-18H2,1H3. The molecule has 0 bridgehead atoms. The second-order valence-electron chi connectivity index (χ2n) is 6.72. The molecular weight excluding hydrogens is 220 g/mol. The molecule has 0 radical (unpaired) electrons. The molecular formula is C16H32N2. The molecule has 0 heterocycles. The summed E-state index contributed by atoms with van der Waals surface area (Å²) < 4.78 is 0. The minimum atomic E-state index is -0.0827. The van der Waals surface area contributed by atoms with Crippen molar-refractivity contribution < 1.29 is 0 Å². The third-order valence-electron chi connectivity index (χ3n) is 5.69. The van der Waals surface area contributed by atoms with Gasteiger partial charge in [0.1, 0.15) is 0 Å². The van der Waals surface area contributed by atoms with Gasteiger partial charge in [0, 0.05) is 0 Å². The Balaban J connectivity index is 1.85. The summed E-state index contributed by atoms with van der Waals surface area (Å²) in [5, 5.41) is 0. The van der Waals surface area contributed by atoms with Crippen LogP contribution in [0.3, 0.4) is 0 Å². The third-order valence-corrected chi connectivity index (χ3v) is 5.69. The quantitative estimate of drug-likeness (QED) is 0.750. The lowest BCUT2D eigenvalue weighted by Crippen LogP contribution is -2.41. The van der Waals surface area contributed by atoms with Gasteiger partial charge >= 0.3 is 0 Å². The topological polar surface area (TPSA) is 52.0 Å². The van der Waals surface area contributed by atoms with Crippen LogP contribution in [0.15, 0.2) is 0 Å². The zero-order chi connectivity index (χ0) is 13.0. The SMILES string of the molecule is CCC(C1CCCCC1)C1CCC(C(N)N)CC1. The molecule has 1 unspecified atom stereocenters. The van der Waals surface area contributed by atoms with Crippen molar-refractivity contribution in [3.63, 3.8) is 0 Å². The summed E-state index contributed by atoms with van der Waals surface area (Å²) in [6.07, 6.45) is 14.0. The van der Waals surface area contributed by atoms with E-state index < -0.39 is 0 Å². The van der Waals surface area contributed by atoms with E-state index in [2.05, 4.69) is 6.92 Å². The van der Waals surface area contributed by atoms with Crippen molar-refractivity contribution in [2.24, 2.45) is 35.1 Å². The molecule has 0 aromatic rings. The van der Waals surface area contributed by atoms with E-state index in [4.69, 9.17) is 11.5 Å². The largest absolute Gasteiger partial charge is 0.316 e. The smallest absolute Gasteiger partial charge is 0.0549 e. The van der Waals surface area contributed by atoms with Gasteiger partial charge in [-0.1, -0.05) is 45.4 Å². The van der Waals surface area contributed by atoms with Crippen LogP contribution < -0.4 is 11.5 Å². The monoisotopic (exact) mass is 252 g/mol. The van der Waals surface area contributed by atoms with E-state index in [0.29, 0.717) is 5.92 Å². The second-order valence-corrected chi connectivity index (χ2v) is 6.72. The number of hydrogen-bond donors (Lipinski definition) is 2. The van der Waals surface area contributed by atoms with Crippen LogP contribution in [0, 0.1) is 23.7 Å². The lowest BCUT2D eigenvalue weighted by Gasteiger charge is -2.39. The van der Waals surface area contributed by atoms with Gasteiger partial charge in [-0.3, -0.25) is 0 Å². The maximum Gasteiger partial charge on any atom is 0.0549 e. The Labute approximate surface area is 113 Å². The highest BCUT2D eigenvalue weighted by molar-refractivity contribution is 4.84. The van der Waals surface area contributed by atoms with Crippen LogP contribution in [0.25, 0.3) is 0 Å². The summed E-state index contributed by atoms with van der Waals surface area (Å²) >= 11 is 0. The van der Waals surface area contributed by atoms with E-state index in [9.17, 15) is 0 Å². The average molecular weight is 252 g/mol. The first kappa shape index (κ1) is 14.3. The van der Waals surface area contributed by atoms with Gasteiger partial charge in [-0.05, 0) is 49.4 Å². The highest BCUT2D eigenvalue weighted by Gasteiger charge is 2.32. The third kappa shape index (κ3) is 3.48. The van der Waals surface area contributed by atoms with E-state index >= 15 is 0 Å². The number of hydrogen-bond acceptors (Lipinski definition) is 2. The minimum Gasteiger partial charge on any atom is -0.316 e.